The van der Waals surface area contributed by atoms with Gasteiger partial charge in [-0.3, -0.25) is 0 Å². The van der Waals surface area contributed by atoms with Gasteiger partial charge in [0.2, 0.25) is 0 Å². The summed E-state index contributed by atoms with van der Waals surface area (Å²) in [5.41, 5.74) is 5.56. The molecule has 0 saturated carbocycles. The van der Waals surface area contributed by atoms with Crippen LogP contribution in [0.4, 0.5) is 10.1 Å². The first-order chi connectivity index (χ1) is 7.06. The van der Waals surface area contributed by atoms with Crippen LogP contribution >= 0.6 is 0 Å². The molecule has 1 rings (SSSR count). The summed E-state index contributed by atoms with van der Waals surface area (Å²) in [6.45, 7) is 1.63. The molecule has 4 nitrogen and oxygen atoms in total. The second-order valence-electron chi connectivity index (χ2n) is 3.01. The molecule has 3 N–H and O–H groups in total. The van der Waals surface area contributed by atoms with Crippen LogP contribution in [0.5, 0.6) is 5.75 Å². The first-order valence-corrected chi connectivity index (χ1v) is 4.49. The van der Waals surface area contributed by atoms with E-state index in [1.54, 1.807) is 6.92 Å². The summed E-state index contributed by atoms with van der Waals surface area (Å²) in [7, 11) is 0. The van der Waals surface area contributed by atoms with Gasteiger partial charge in [0.25, 0.3) is 0 Å². The Morgan fingerprint density at radius 2 is 2.33 bits per heavy atom. The van der Waals surface area contributed by atoms with Crippen LogP contribution in [-0.2, 0) is 4.79 Å². The molecule has 1 atom stereocenters. The van der Waals surface area contributed by atoms with E-state index < -0.39 is 17.9 Å². The third-order valence-electron chi connectivity index (χ3n) is 1.90. The minimum absolute atomic E-state index is 0.0923. The van der Waals surface area contributed by atoms with Gasteiger partial charge >= 0.3 is 5.97 Å². The number of carbonyl (C=O) groups is 1. The zero-order chi connectivity index (χ0) is 11.4. The summed E-state index contributed by atoms with van der Waals surface area (Å²) in [4.78, 5) is 10.7. The number of ether oxygens (including phenoxy) is 1. The van der Waals surface area contributed by atoms with Crippen LogP contribution in [0.25, 0.3) is 0 Å². The highest BCUT2D eigenvalue weighted by molar-refractivity contribution is 5.73. The van der Waals surface area contributed by atoms with Gasteiger partial charge in [0.15, 0.2) is 17.7 Å². The quantitative estimate of drug-likeness (QED) is 0.746. The van der Waals surface area contributed by atoms with Crippen molar-refractivity contribution in [3.63, 3.8) is 0 Å². The largest absolute Gasteiger partial charge is 0.479 e. The SMILES string of the molecule is CCC(Oc1c(N)cccc1F)C(=O)O. The first-order valence-electron chi connectivity index (χ1n) is 4.49. The molecule has 0 radical (unpaired) electrons. The number of hydrogen-bond donors (Lipinski definition) is 2. The predicted molar refractivity (Wildman–Crippen MR) is 53.2 cm³/mol. The summed E-state index contributed by atoms with van der Waals surface area (Å²) >= 11 is 0. The van der Waals surface area contributed by atoms with Crippen LogP contribution in [0.2, 0.25) is 0 Å². The molecule has 1 aromatic rings. The number of anilines is 1. The standard InChI is InChI=1S/C10H12FNO3/c1-2-8(10(13)14)15-9-6(11)4-3-5-7(9)12/h3-5,8H,2,12H2,1H3,(H,13,14). The number of benzene rings is 1. The van der Waals surface area contributed by atoms with Crippen molar-refractivity contribution in [1.29, 1.82) is 0 Å². The van der Waals surface area contributed by atoms with Gasteiger partial charge in [-0.1, -0.05) is 13.0 Å². The average molecular weight is 213 g/mol. The van der Waals surface area contributed by atoms with Gasteiger partial charge in [0, 0.05) is 0 Å². The van der Waals surface area contributed by atoms with E-state index in [2.05, 4.69) is 0 Å². The number of carboxylic acids is 1. The highest BCUT2D eigenvalue weighted by Gasteiger charge is 2.19. The van der Waals surface area contributed by atoms with Crippen LogP contribution in [0.1, 0.15) is 13.3 Å². The minimum Gasteiger partial charge on any atom is -0.479 e. The lowest BCUT2D eigenvalue weighted by Crippen LogP contribution is -2.26. The predicted octanol–water partition coefficient (Wildman–Crippen LogP) is 1.65. The third-order valence-corrected chi connectivity index (χ3v) is 1.90. The maximum atomic E-state index is 13.2. The van der Waals surface area contributed by atoms with Crippen LogP contribution in [0, 0.1) is 5.82 Å². The Morgan fingerprint density at radius 1 is 1.67 bits per heavy atom. The van der Waals surface area contributed by atoms with Crippen molar-refractivity contribution in [2.45, 2.75) is 19.4 Å². The number of para-hydroxylation sites is 1. The van der Waals surface area contributed by atoms with Gasteiger partial charge in [-0.2, -0.15) is 0 Å². The lowest BCUT2D eigenvalue weighted by atomic mass is 10.2. The van der Waals surface area contributed by atoms with Crippen LogP contribution < -0.4 is 10.5 Å². The van der Waals surface area contributed by atoms with Crippen molar-refractivity contribution >= 4 is 11.7 Å². The number of aliphatic carboxylic acids is 1. The zero-order valence-corrected chi connectivity index (χ0v) is 8.24. The maximum absolute atomic E-state index is 13.2. The van der Waals surface area contributed by atoms with Crippen molar-refractivity contribution in [2.75, 3.05) is 5.73 Å². The Morgan fingerprint density at radius 3 is 2.80 bits per heavy atom. The number of halogens is 1. The Labute approximate surface area is 86.5 Å². The van der Waals surface area contributed by atoms with E-state index in [0.717, 1.165) is 0 Å². The van der Waals surface area contributed by atoms with Gasteiger partial charge in [-0.25, -0.2) is 9.18 Å². The Kier molecular flexibility index (Phi) is 3.49. The average Bonchev–Trinajstić information content (AvgIpc) is 2.17. The van der Waals surface area contributed by atoms with Crippen LogP contribution in [-0.4, -0.2) is 17.2 Å². The highest BCUT2D eigenvalue weighted by Crippen LogP contribution is 2.26. The molecule has 15 heavy (non-hydrogen) atoms. The first kappa shape index (κ1) is 11.3. The Bertz CT molecular complexity index is 347. The van der Waals surface area contributed by atoms with E-state index in [4.69, 9.17) is 15.6 Å². The fourth-order valence-corrected chi connectivity index (χ4v) is 1.10. The highest BCUT2D eigenvalue weighted by atomic mass is 19.1. The zero-order valence-electron chi connectivity index (χ0n) is 8.24. The molecule has 0 aliphatic heterocycles. The molecular formula is C10H12FNO3. The van der Waals surface area contributed by atoms with Crippen molar-refractivity contribution in [3.05, 3.63) is 24.0 Å². The minimum atomic E-state index is -1.14. The number of nitrogen functional groups attached to an aromatic ring is 1. The van der Waals surface area contributed by atoms with Crippen molar-refractivity contribution < 1.29 is 19.0 Å². The molecule has 0 aliphatic carbocycles. The molecule has 1 aromatic carbocycles. The van der Waals surface area contributed by atoms with Crippen molar-refractivity contribution in [2.24, 2.45) is 0 Å². The summed E-state index contributed by atoms with van der Waals surface area (Å²) in [5.74, 6) is -2.00. The van der Waals surface area contributed by atoms with E-state index in [0.29, 0.717) is 0 Å². The molecule has 0 heterocycles. The van der Waals surface area contributed by atoms with Crippen LogP contribution in [0.15, 0.2) is 18.2 Å². The molecule has 0 spiro atoms. The smallest absolute Gasteiger partial charge is 0.344 e. The lowest BCUT2D eigenvalue weighted by Gasteiger charge is -2.15. The molecule has 0 bridgehead atoms. The maximum Gasteiger partial charge on any atom is 0.344 e. The molecule has 82 valence electrons. The van der Waals surface area contributed by atoms with Gasteiger partial charge in [-0.15, -0.1) is 0 Å². The summed E-state index contributed by atoms with van der Waals surface area (Å²) < 4.78 is 18.2. The number of carboxylic acid groups (broad SMARTS) is 1. The summed E-state index contributed by atoms with van der Waals surface area (Å²) in [6.07, 6.45) is -0.840. The van der Waals surface area contributed by atoms with Gasteiger partial charge in [-0.05, 0) is 18.6 Å². The lowest BCUT2D eigenvalue weighted by molar-refractivity contribution is -0.145. The van der Waals surface area contributed by atoms with E-state index >= 15 is 0 Å². The molecular weight excluding hydrogens is 201 g/mol. The molecule has 0 aromatic heterocycles. The van der Waals surface area contributed by atoms with E-state index in [1.807, 2.05) is 0 Å². The fraction of sp³-hybridized carbons (Fsp3) is 0.300. The second-order valence-corrected chi connectivity index (χ2v) is 3.01. The molecule has 0 fully saturated rings. The van der Waals surface area contributed by atoms with Gasteiger partial charge in [0.05, 0.1) is 5.69 Å². The van der Waals surface area contributed by atoms with E-state index in [-0.39, 0.29) is 17.9 Å². The topological polar surface area (TPSA) is 72.5 Å². The van der Waals surface area contributed by atoms with Crippen LogP contribution in [0.3, 0.4) is 0 Å². The van der Waals surface area contributed by atoms with Crippen molar-refractivity contribution in [3.8, 4) is 5.75 Å². The second kappa shape index (κ2) is 4.63. The molecule has 1 unspecified atom stereocenters. The Hall–Kier alpha value is -1.78. The van der Waals surface area contributed by atoms with Crippen molar-refractivity contribution in [1.82, 2.24) is 0 Å². The number of nitrogens with two attached hydrogens (primary N) is 1. The molecule has 0 aliphatic rings. The summed E-state index contributed by atoms with van der Waals surface area (Å²) in [6, 6.07) is 4.05. The third kappa shape index (κ3) is 2.59. The molecule has 0 saturated heterocycles. The van der Waals surface area contributed by atoms with E-state index in [1.165, 1.54) is 18.2 Å². The fourth-order valence-electron chi connectivity index (χ4n) is 1.10. The molecule has 0 amide bonds. The number of rotatable bonds is 4. The van der Waals surface area contributed by atoms with Gasteiger partial charge < -0.3 is 15.6 Å². The summed E-state index contributed by atoms with van der Waals surface area (Å²) in [5, 5.41) is 8.73. The van der Waals surface area contributed by atoms with Gasteiger partial charge in [0.1, 0.15) is 0 Å². The Balaban J connectivity index is 2.92. The van der Waals surface area contributed by atoms with E-state index in [9.17, 15) is 9.18 Å². The monoisotopic (exact) mass is 213 g/mol. The number of hydrogen-bond acceptors (Lipinski definition) is 3. The molecule has 5 heteroatoms. The normalized spacial score (nSPS) is 12.1.